The molecular weight excluding hydrogens is 221 g/mol. The first-order valence-electron chi connectivity index (χ1n) is 5.11. The molecule has 1 fully saturated rings. The van der Waals surface area contributed by atoms with Crippen LogP contribution >= 0.6 is 23.2 Å². The Balaban J connectivity index is 2.49. The predicted molar refractivity (Wildman–Crippen MR) is 59.9 cm³/mol. The Labute approximate surface area is 95.3 Å². The molecule has 0 spiro atoms. The lowest BCUT2D eigenvalue weighted by molar-refractivity contribution is -0.129. The van der Waals surface area contributed by atoms with Crippen molar-refractivity contribution in [1.82, 2.24) is 5.32 Å². The van der Waals surface area contributed by atoms with Crippen molar-refractivity contribution in [2.45, 2.75) is 38.1 Å². The third-order valence-corrected chi connectivity index (χ3v) is 4.08. The molecule has 0 heterocycles. The highest BCUT2D eigenvalue weighted by molar-refractivity contribution is 6.22. The van der Waals surface area contributed by atoms with Gasteiger partial charge in [0.1, 0.15) is 0 Å². The van der Waals surface area contributed by atoms with E-state index in [4.69, 9.17) is 23.2 Å². The summed E-state index contributed by atoms with van der Waals surface area (Å²) < 4.78 is 0. The summed E-state index contributed by atoms with van der Waals surface area (Å²) in [6, 6.07) is 0. The van der Waals surface area contributed by atoms with Crippen molar-refractivity contribution in [3.05, 3.63) is 0 Å². The van der Waals surface area contributed by atoms with Crippen molar-refractivity contribution in [3.8, 4) is 0 Å². The topological polar surface area (TPSA) is 29.1 Å². The van der Waals surface area contributed by atoms with E-state index in [0.29, 0.717) is 11.8 Å². The second-order valence-corrected chi connectivity index (χ2v) is 4.55. The van der Waals surface area contributed by atoms with Gasteiger partial charge in [-0.3, -0.25) is 4.79 Å². The molecule has 0 aromatic rings. The van der Waals surface area contributed by atoms with Crippen LogP contribution in [-0.2, 0) is 4.79 Å². The normalized spacial score (nSPS) is 17.6. The van der Waals surface area contributed by atoms with Gasteiger partial charge < -0.3 is 5.32 Å². The monoisotopic (exact) mass is 237 g/mol. The van der Waals surface area contributed by atoms with Crippen LogP contribution in [0.15, 0.2) is 0 Å². The number of alkyl halides is 2. The summed E-state index contributed by atoms with van der Waals surface area (Å²) in [4.78, 5) is 11.7. The van der Waals surface area contributed by atoms with Crippen LogP contribution in [0.3, 0.4) is 0 Å². The number of amides is 1. The summed E-state index contributed by atoms with van der Waals surface area (Å²) in [7, 11) is 0. The number of hydrogen-bond acceptors (Lipinski definition) is 1. The fourth-order valence-electron chi connectivity index (χ4n) is 1.41. The number of rotatable bonds is 5. The van der Waals surface area contributed by atoms with Gasteiger partial charge in [-0.2, -0.15) is 0 Å². The quantitative estimate of drug-likeness (QED) is 0.732. The Morgan fingerprint density at radius 3 is 2.29 bits per heavy atom. The molecule has 0 bridgehead atoms. The molecule has 0 aliphatic heterocycles. The molecule has 0 radical (unpaired) electrons. The van der Waals surface area contributed by atoms with Crippen molar-refractivity contribution in [3.63, 3.8) is 0 Å². The van der Waals surface area contributed by atoms with E-state index in [-0.39, 0.29) is 11.8 Å². The van der Waals surface area contributed by atoms with Crippen molar-refractivity contribution in [2.24, 2.45) is 5.92 Å². The molecule has 1 amide bonds. The lowest BCUT2D eigenvalue weighted by Crippen LogP contribution is -2.53. The zero-order chi connectivity index (χ0) is 10.6. The fourth-order valence-corrected chi connectivity index (χ4v) is 2.21. The first-order chi connectivity index (χ1) is 6.67. The number of hydrogen-bond donors (Lipinski definition) is 1. The maximum Gasteiger partial charge on any atom is 0.223 e. The van der Waals surface area contributed by atoms with Crippen LogP contribution in [0.25, 0.3) is 0 Å². The smallest absolute Gasteiger partial charge is 0.223 e. The summed E-state index contributed by atoms with van der Waals surface area (Å²) in [5, 5.41) is 2.98. The van der Waals surface area contributed by atoms with Gasteiger partial charge in [0.25, 0.3) is 0 Å². The summed E-state index contributed by atoms with van der Waals surface area (Å²) in [6.45, 7) is 1.99. The zero-order valence-electron chi connectivity index (χ0n) is 8.48. The van der Waals surface area contributed by atoms with Gasteiger partial charge in [-0.25, -0.2) is 0 Å². The predicted octanol–water partition coefficient (Wildman–Crippen LogP) is 2.53. The summed E-state index contributed by atoms with van der Waals surface area (Å²) in [6.07, 6.45) is 3.96. The lowest BCUT2D eigenvalue weighted by Gasteiger charge is -2.33. The van der Waals surface area contributed by atoms with Gasteiger partial charge in [0, 0.05) is 17.7 Å². The Morgan fingerprint density at radius 2 is 2.00 bits per heavy atom. The zero-order valence-corrected chi connectivity index (χ0v) is 10.00. The highest BCUT2D eigenvalue weighted by atomic mass is 35.5. The van der Waals surface area contributed by atoms with Gasteiger partial charge in [0.2, 0.25) is 5.91 Å². The second-order valence-electron chi connectivity index (χ2n) is 4.02. The van der Waals surface area contributed by atoms with Crippen molar-refractivity contribution in [1.29, 1.82) is 0 Å². The van der Waals surface area contributed by atoms with E-state index >= 15 is 0 Å². The molecule has 4 heteroatoms. The fraction of sp³-hybridized carbons (Fsp3) is 0.900. The largest absolute Gasteiger partial charge is 0.348 e. The standard InChI is InChI=1S/C10H17Cl2NO/c1-2-10(6-11,7-12)13-9(14)8-4-3-5-8/h8H,2-7H2,1H3,(H,13,14). The molecule has 2 nitrogen and oxygen atoms in total. The van der Waals surface area contributed by atoms with Gasteiger partial charge >= 0.3 is 0 Å². The summed E-state index contributed by atoms with van der Waals surface area (Å²) in [5.74, 6) is 1.09. The molecule has 1 saturated carbocycles. The van der Waals surface area contributed by atoms with Gasteiger partial charge in [-0.15, -0.1) is 23.2 Å². The van der Waals surface area contributed by atoms with E-state index in [0.717, 1.165) is 19.3 Å². The lowest BCUT2D eigenvalue weighted by atomic mass is 9.84. The Morgan fingerprint density at radius 1 is 1.43 bits per heavy atom. The van der Waals surface area contributed by atoms with E-state index in [1.165, 1.54) is 6.42 Å². The van der Waals surface area contributed by atoms with E-state index < -0.39 is 5.54 Å². The molecule has 0 aromatic carbocycles. The first kappa shape index (κ1) is 12.1. The van der Waals surface area contributed by atoms with Crippen LogP contribution in [0.4, 0.5) is 0 Å². The molecule has 14 heavy (non-hydrogen) atoms. The summed E-state index contributed by atoms with van der Waals surface area (Å²) in [5.41, 5.74) is -0.407. The Bertz CT molecular complexity index is 192. The molecule has 1 aliphatic rings. The van der Waals surface area contributed by atoms with Gasteiger partial charge in [-0.1, -0.05) is 13.3 Å². The van der Waals surface area contributed by atoms with Crippen LogP contribution in [0, 0.1) is 5.92 Å². The SMILES string of the molecule is CCC(CCl)(CCl)NC(=O)C1CCC1. The van der Waals surface area contributed by atoms with Gasteiger partial charge in [0.15, 0.2) is 0 Å². The second kappa shape index (κ2) is 5.22. The molecule has 82 valence electrons. The third kappa shape index (κ3) is 2.54. The minimum atomic E-state index is -0.407. The van der Waals surface area contributed by atoms with Crippen LogP contribution in [0.5, 0.6) is 0 Å². The molecule has 1 aliphatic carbocycles. The average molecular weight is 238 g/mol. The number of halogens is 2. The maximum absolute atomic E-state index is 11.7. The van der Waals surface area contributed by atoms with Crippen LogP contribution in [-0.4, -0.2) is 23.2 Å². The van der Waals surface area contributed by atoms with Crippen molar-refractivity contribution < 1.29 is 4.79 Å². The van der Waals surface area contributed by atoms with Crippen molar-refractivity contribution >= 4 is 29.1 Å². The van der Waals surface area contributed by atoms with E-state index in [9.17, 15) is 4.79 Å². The average Bonchev–Trinajstić information content (AvgIpc) is 2.11. The minimum absolute atomic E-state index is 0.124. The minimum Gasteiger partial charge on any atom is -0.348 e. The van der Waals surface area contributed by atoms with E-state index in [1.54, 1.807) is 0 Å². The van der Waals surface area contributed by atoms with Gasteiger partial charge in [-0.05, 0) is 19.3 Å². The van der Waals surface area contributed by atoms with Crippen LogP contribution in [0.2, 0.25) is 0 Å². The van der Waals surface area contributed by atoms with Crippen LogP contribution in [0.1, 0.15) is 32.6 Å². The van der Waals surface area contributed by atoms with Crippen LogP contribution < -0.4 is 5.32 Å². The molecule has 0 atom stereocenters. The summed E-state index contributed by atoms with van der Waals surface area (Å²) >= 11 is 11.7. The molecule has 0 saturated heterocycles. The van der Waals surface area contributed by atoms with Gasteiger partial charge in [0.05, 0.1) is 5.54 Å². The number of carbonyl (C=O) groups excluding carboxylic acids is 1. The highest BCUT2D eigenvalue weighted by Gasteiger charge is 2.33. The first-order valence-corrected chi connectivity index (χ1v) is 6.18. The molecular formula is C10H17Cl2NO. The number of nitrogens with one attached hydrogen (secondary N) is 1. The van der Waals surface area contributed by atoms with Crippen molar-refractivity contribution in [2.75, 3.05) is 11.8 Å². The molecule has 0 unspecified atom stereocenters. The Kier molecular flexibility index (Phi) is 4.52. The van der Waals surface area contributed by atoms with E-state index in [2.05, 4.69) is 5.32 Å². The third-order valence-electron chi connectivity index (χ3n) is 3.05. The molecule has 1 N–H and O–H groups in total. The Hall–Kier alpha value is 0.0500. The highest BCUT2D eigenvalue weighted by Crippen LogP contribution is 2.27. The molecule has 0 aromatic heterocycles. The molecule has 1 rings (SSSR count). The number of carbonyl (C=O) groups is 1. The maximum atomic E-state index is 11.7. The van der Waals surface area contributed by atoms with E-state index in [1.807, 2.05) is 6.92 Å².